The predicted octanol–water partition coefficient (Wildman–Crippen LogP) is 1.57. The molecule has 1 aliphatic rings. The summed E-state index contributed by atoms with van der Waals surface area (Å²) < 4.78 is 23.0. The van der Waals surface area contributed by atoms with E-state index in [4.69, 9.17) is 0 Å². The van der Waals surface area contributed by atoms with E-state index in [1.165, 1.54) is 13.8 Å². The number of sulfone groups is 1. The van der Waals surface area contributed by atoms with Gasteiger partial charge in [0.05, 0.1) is 11.5 Å². The molecule has 2 amide bonds. The monoisotopic (exact) mass is 352 g/mol. The quantitative estimate of drug-likeness (QED) is 0.805. The second-order valence-electron chi connectivity index (χ2n) is 6.97. The molecule has 24 heavy (non-hydrogen) atoms. The molecule has 2 rings (SSSR count). The lowest BCUT2D eigenvalue weighted by atomic mass is 9.90. The fourth-order valence-electron chi connectivity index (χ4n) is 2.61. The van der Waals surface area contributed by atoms with E-state index in [-0.39, 0.29) is 11.5 Å². The minimum absolute atomic E-state index is 0.0620. The largest absolute Gasteiger partial charge is 0.351 e. The van der Waals surface area contributed by atoms with Crippen molar-refractivity contribution in [3.8, 4) is 0 Å². The van der Waals surface area contributed by atoms with E-state index in [1.807, 2.05) is 26.0 Å². The third kappa shape index (κ3) is 4.14. The zero-order valence-corrected chi connectivity index (χ0v) is 15.3. The van der Waals surface area contributed by atoms with Crippen LogP contribution in [0.25, 0.3) is 0 Å². The maximum absolute atomic E-state index is 12.5. The van der Waals surface area contributed by atoms with Crippen LogP contribution in [0.5, 0.6) is 0 Å². The molecular weight excluding hydrogens is 328 g/mol. The molecule has 0 saturated carbocycles. The lowest BCUT2D eigenvalue weighted by molar-refractivity contribution is -0.138. The predicted molar refractivity (Wildman–Crippen MR) is 93.5 cm³/mol. The normalized spacial score (nSPS) is 19.8. The molecule has 0 radical (unpaired) electrons. The van der Waals surface area contributed by atoms with Gasteiger partial charge < -0.3 is 10.6 Å². The van der Waals surface area contributed by atoms with Crippen molar-refractivity contribution in [2.75, 3.05) is 16.8 Å². The highest BCUT2D eigenvalue weighted by molar-refractivity contribution is 7.91. The van der Waals surface area contributed by atoms with Crippen LogP contribution >= 0.6 is 0 Å². The average molecular weight is 352 g/mol. The van der Waals surface area contributed by atoms with Gasteiger partial charge in [-0.25, -0.2) is 8.42 Å². The first-order valence-electron chi connectivity index (χ1n) is 7.91. The van der Waals surface area contributed by atoms with Crippen LogP contribution in [0, 0.1) is 19.3 Å². The Hall–Kier alpha value is -1.89. The third-order valence-corrected chi connectivity index (χ3v) is 6.10. The van der Waals surface area contributed by atoms with Crippen LogP contribution in [0.1, 0.15) is 31.4 Å². The second-order valence-corrected chi connectivity index (χ2v) is 9.20. The molecule has 0 bridgehead atoms. The van der Waals surface area contributed by atoms with E-state index in [1.54, 1.807) is 6.07 Å². The molecule has 7 heteroatoms. The van der Waals surface area contributed by atoms with Gasteiger partial charge in [0.15, 0.2) is 9.84 Å². The van der Waals surface area contributed by atoms with Gasteiger partial charge in [-0.1, -0.05) is 17.7 Å². The highest BCUT2D eigenvalue weighted by Crippen LogP contribution is 2.23. The number of carbonyl (C=O) groups excluding carboxylic acids is 2. The van der Waals surface area contributed by atoms with Gasteiger partial charge in [0.2, 0.25) is 11.8 Å². The number of carbonyl (C=O) groups is 2. The minimum atomic E-state index is -3.08. The second kappa shape index (κ2) is 6.55. The van der Waals surface area contributed by atoms with E-state index in [9.17, 15) is 18.0 Å². The van der Waals surface area contributed by atoms with E-state index in [0.29, 0.717) is 12.1 Å². The van der Waals surface area contributed by atoms with Crippen LogP contribution in [-0.4, -0.2) is 37.8 Å². The number of aryl methyl sites for hydroxylation is 2. The van der Waals surface area contributed by atoms with Crippen LogP contribution in [0.15, 0.2) is 18.2 Å². The van der Waals surface area contributed by atoms with E-state index in [0.717, 1.165) is 11.1 Å². The summed E-state index contributed by atoms with van der Waals surface area (Å²) in [5.41, 5.74) is 1.37. The van der Waals surface area contributed by atoms with Crippen molar-refractivity contribution in [2.45, 2.75) is 40.2 Å². The van der Waals surface area contributed by atoms with Crippen LogP contribution in [0.2, 0.25) is 0 Å². The SMILES string of the molecule is Cc1ccc(NC(=O)C(C)(C)C(=O)NC2CCS(=O)(=O)C2)c(C)c1. The summed E-state index contributed by atoms with van der Waals surface area (Å²) in [6.45, 7) is 6.92. The van der Waals surface area contributed by atoms with Crippen molar-refractivity contribution in [1.82, 2.24) is 5.32 Å². The van der Waals surface area contributed by atoms with Crippen LogP contribution in [0.3, 0.4) is 0 Å². The summed E-state index contributed by atoms with van der Waals surface area (Å²) in [6.07, 6.45) is 0.392. The van der Waals surface area contributed by atoms with E-state index >= 15 is 0 Å². The Morgan fingerprint density at radius 1 is 1.17 bits per heavy atom. The Morgan fingerprint density at radius 2 is 1.83 bits per heavy atom. The summed E-state index contributed by atoms with van der Waals surface area (Å²) in [5.74, 6) is -0.875. The fourth-order valence-corrected chi connectivity index (χ4v) is 4.28. The summed E-state index contributed by atoms with van der Waals surface area (Å²) in [4.78, 5) is 25.0. The maximum atomic E-state index is 12.5. The molecule has 0 aromatic heterocycles. The molecule has 0 aliphatic carbocycles. The average Bonchev–Trinajstić information content (AvgIpc) is 2.80. The molecule has 1 aliphatic heterocycles. The van der Waals surface area contributed by atoms with Gasteiger partial charge >= 0.3 is 0 Å². The van der Waals surface area contributed by atoms with Crippen LogP contribution in [-0.2, 0) is 19.4 Å². The molecule has 1 heterocycles. The Balaban J connectivity index is 2.05. The Morgan fingerprint density at radius 3 is 2.38 bits per heavy atom. The van der Waals surface area contributed by atoms with Gasteiger partial charge in [-0.3, -0.25) is 9.59 Å². The van der Waals surface area contributed by atoms with Crippen molar-refractivity contribution in [2.24, 2.45) is 5.41 Å². The Kier molecular flexibility index (Phi) is 5.03. The number of hydrogen-bond donors (Lipinski definition) is 2. The van der Waals surface area contributed by atoms with Crippen molar-refractivity contribution in [3.63, 3.8) is 0 Å². The van der Waals surface area contributed by atoms with Crippen molar-refractivity contribution >= 4 is 27.3 Å². The van der Waals surface area contributed by atoms with Crippen molar-refractivity contribution < 1.29 is 18.0 Å². The molecule has 1 atom stereocenters. The zero-order chi connectivity index (χ0) is 18.1. The first kappa shape index (κ1) is 18.4. The number of nitrogens with one attached hydrogen (secondary N) is 2. The fraction of sp³-hybridized carbons (Fsp3) is 0.529. The number of benzene rings is 1. The Labute approximate surface area is 142 Å². The number of anilines is 1. The minimum Gasteiger partial charge on any atom is -0.351 e. The molecule has 6 nitrogen and oxygen atoms in total. The first-order valence-corrected chi connectivity index (χ1v) is 9.73. The smallest absolute Gasteiger partial charge is 0.239 e. The standard InChI is InChI=1S/C17H24N2O4S/c1-11-5-6-14(12(2)9-11)19-16(21)17(3,4)15(20)18-13-7-8-24(22,23)10-13/h5-6,9,13H,7-8,10H2,1-4H3,(H,18,20)(H,19,21). The van der Waals surface area contributed by atoms with Crippen molar-refractivity contribution in [3.05, 3.63) is 29.3 Å². The van der Waals surface area contributed by atoms with E-state index in [2.05, 4.69) is 10.6 Å². The van der Waals surface area contributed by atoms with Crippen LogP contribution in [0.4, 0.5) is 5.69 Å². The molecule has 1 aromatic rings. The van der Waals surface area contributed by atoms with Crippen molar-refractivity contribution in [1.29, 1.82) is 0 Å². The van der Waals surface area contributed by atoms with Gasteiger partial charge in [0.25, 0.3) is 0 Å². The summed E-state index contributed by atoms with van der Waals surface area (Å²) in [5, 5.41) is 5.47. The third-order valence-electron chi connectivity index (χ3n) is 4.33. The molecule has 1 saturated heterocycles. The van der Waals surface area contributed by atoms with Gasteiger partial charge in [-0.2, -0.15) is 0 Å². The zero-order valence-electron chi connectivity index (χ0n) is 14.5. The molecule has 0 spiro atoms. The van der Waals surface area contributed by atoms with Gasteiger partial charge in [0.1, 0.15) is 5.41 Å². The van der Waals surface area contributed by atoms with E-state index < -0.39 is 33.1 Å². The molecule has 132 valence electrons. The molecule has 1 aromatic carbocycles. The lowest BCUT2D eigenvalue weighted by Crippen LogP contribution is -2.48. The Bertz CT molecular complexity index is 769. The topological polar surface area (TPSA) is 92.3 Å². The highest BCUT2D eigenvalue weighted by Gasteiger charge is 2.39. The first-order chi connectivity index (χ1) is 11.0. The summed E-state index contributed by atoms with van der Waals surface area (Å²) in [7, 11) is -3.08. The van der Waals surface area contributed by atoms with Gasteiger partial charge in [-0.15, -0.1) is 0 Å². The summed E-state index contributed by atoms with van der Waals surface area (Å²) >= 11 is 0. The molecular formula is C17H24N2O4S. The maximum Gasteiger partial charge on any atom is 0.239 e. The number of hydrogen-bond acceptors (Lipinski definition) is 4. The molecule has 1 unspecified atom stereocenters. The van der Waals surface area contributed by atoms with Gasteiger partial charge in [0, 0.05) is 11.7 Å². The molecule has 2 N–H and O–H groups in total. The van der Waals surface area contributed by atoms with Crippen LogP contribution < -0.4 is 10.6 Å². The van der Waals surface area contributed by atoms with Gasteiger partial charge in [-0.05, 0) is 45.7 Å². The summed E-state index contributed by atoms with van der Waals surface area (Å²) in [6, 6.07) is 5.22. The number of rotatable bonds is 4. The highest BCUT2D eigenvalue weighted by atomic mass is 32.2. The lowest BCUT2D eigenvalue weighted by Gasteiger charge is -2.25. The molecule has 1 fully saturated rings. The number of amides is 2.